The maximum absolute atomic E-state index is 2.49. The van der Waals surface area contributed by atoms with E-state index in [9.17, 15) is 0 Å². The monoisotopic (exact) mass is 868 g/mol. The minimum absolute atomic E-state index is 0.101. The molecule has 330 valence electrons. The summed E-state index contributed by atoms with van der Waals surface area (Å²) >= 11 is 0. The van der Waals surface area contributed by atoms with E-state index in [0.29, 0.717) is 5.92 Å². The number of rotatable bonds is 9. The number of benzene rings is 9. The number of nitrogens with zero attached hydrogens (tertiary/aromatic N) is 2. The molecule has 0 radical (unpaired) electrons. The second-order valence-corrected chi connectivity index (χ2v) is 20.6. The third kappa shape index (κ3) is 7.44. The fraction of sp³-hybridized carbons (Fsp3) is 0.200. The Hall–Kier alpha value is -7.16. The predicted octanol–water partition coefficient (Wildman–Crippen LogP) is 18.3. The van der Waals surface area contributed by atoms with Gasteiger partial charge < -0.3 is 9.80 Å². The standard InChI is InChI=1S/C65H60N2/c1-63(2,3)61-30-17-18-43-65(61,49-32-37-53(38-33-49)66(51-24-11-7-12-25-51)52-26-13-8-14-27-52)50-34-39-54(40-35-50)67(55-36-31-46-20-15-16-23-48(46)44-55)56-41-42-58-60(45-56)64(4,5)59-29-19-28-57(62(58)59)47-21-9-6-10-22-47/h6-16,19-29,31-42,44-45,61H,17-18,30,43H2,1-5H3. The van der Waals surface area contributed by atoms with Gasteiger partial charge >= 0.3 is 0 Å². The first-order valence-corrected chi connectivity index (χ1v) is 24.4. The number of fused-ring (bicyclic) bond motifs is 4. The molecule has 2 nitrogen and oxygen atoms in total. The van der Waals surface area contributed by atoms with Gasteiger partial charge in [-0.25, -0.2) is 0 Å². The van der Waals surface area contributed by atoms with Crippen LogP contribution in [-0.4, -0.2) is 0 Å². The highest BCUT2D eigenvalue weighted by Crippen LogP contribution is 2.57. The molecule has 1 saturated carbocycles. The first-order valence-electron chi connectivity index (χ1n) is 24.4. The zero-order valence-corrected chi connectivity index (χ0v) is 39.6. The van der Waals surface area contributed by atoms with E-state index in [0.717, 1.165) is 34.9 Å². The molecule has 2 heteroatoms. The van der Waals surface area contributed by atoms with Crippen LogP contribution in [0.1, 0.15) is 82.6 Å². The minimum Gasteiger partial charge on any atom is -0.311 e. The van der Waals surface area contributed by atoms with Gasteiger partial charge in [0.05, 0.1) is 0 Å². The van der Waals surface area contributed by atoms with Gasteiger partial charge in [0.15, 0.2) is 0 Å². The molecule has 0 bridgehead atoms. The zero-order valence-electron chi connectivity index (χ0n) is 39.6. The molecule has 1 fully saturated rings. The van der Waals surface area contributed by atoms with Crippen molar-refractivity contribution >= 4 is 44.9 Å². The summed E-state index contributed by atoms with van der Waals surface area (Å²) in [5.41, 5.74) is 17.5. The molecule has 2 atom stereocenters. The van der Waals surface area contributed by atoms with Crippen molar-refractivity contribution < 1.29 is 0 Å². The van der Waals surface area contributed by atoms with Crippen LogP contribution in [0.5, 0.6) is 0 Å². The van der Waals surface area contributed by atoms with Gasteiger partial charge in [-0.3, -0.25) is 0 Å². The Labute approximate surface area is 398 Å². The minimum atomic E-state index is -0.172. The summed E-state index contributed by atoms with van der Waals surface area (Å²) in [5.74, 6) is 0.461. The van der Waals surface area contributed by atoms with E-state index in [1.807, 2.05) is 0 Å². The van der Waals surface area contributed by atoms with E-state index in [1.165, 1.54) is 80.2 Å². The summed E-state index contributed by atoms with van der Waals surface area (Å²) in [6, 6.07) is 81.4. The predicted molar refractivity (Wildman–Crippen MR) is 285 cm³/mol. The van der Waals surface area contributed by atoms with Crippen LogP contribution in [0.2, 0.25) is 0 Å². The van der Waals surface area contributed by atoms with Crippen molar-refractivity contribution in [1.82, 2.24) is 0 Å². The van der Waals surface area contributed by atoms with Crippen molar-refractivity contribution in [2.75, 3.05) is 9.80 Å². The van der Waals surface area contributed by atoms with Crippen LogP contribution in [0.25, 0.3) is 33.0 Å². The SMILES string of the molecule is CC1(C)c2cc(N(c3ccc(C4(c5ccc(N(c6ccccc6)c6ccccc6)cc5)CCCCC4C(C)(C)C)cc3)c3ccc4ccccc4c3)ccc2-c2c(-c3ccccc3)cccc21. The van der Waals surface area contributed by atoms with E-state index >= 15 is 0 Å². The Bertz CT molecular complexity index is 3140. The molecule has 0 amide bonds. The van der Waals surface area contributed by atoms with E-state index in [2.05, 4.69) is 263 Å². The number of anilines is 6. The van der Waals surface area contributed by atoms with Gasteiger partial charge in [0, 0.05) is 45.0 Å². The smallest absolute Gasteiger partial charge is 0.0468 e. The maximum atomic E-state index is 2.49. The molecule has 2 aliphatic carbocycles. The van der Waals surface area contributed by atoms with Crippen LogP contribution >= 0.6 is 0 Å². The zero-order chi connectivity index (χ0) is 45.8. The molecule has 0 aliphatic heterocycles. The van der Waals surface area contributed by atoms with Gasteiger partial charge in [0.25, 0.3) is 0 Å². The van der Waals surface area contributed by atoms with Crippen molar-refractivity contribution in [3.8, 4) is 22.3 Å². The van der Waals surface area contributed by atoms with Gasteiger partial charge in [-0.1, -0.05) is 193 Å². The summed E-state index contributed by atoms with van der Waals surface area (Å²) in [4.78, 5) is 4.86. The van der Waals surface area contributed by atoms with Crippen LogP contribution in [0.3, 0.4) is 0 Å². The molecule has 9 aromatic carbocycles. The molecule has 2 unspecified atom stereocenters. The lowest BCUT2D eigenvalue weighted by Gasteiger charge is -2.51. The third-order valence-corrected chi connectivity index (χ3v) is 15.3. The largest absolute Gasteiger partial charge is 0.311 e. The fourth-order valence-corrected chi connectivity index (χ4v) is 12.2. The Balaban J connectivity index is 1.03. The summed E-state index contributed by atoms with van der Waals surface area (Å²) in [6.45, 7) is 12.2. The molecule has 0 saturated heterocycles. The number of hydrogen-bond acceptors (Lipinski definition) is 2. The highest BCUT2D eigenvalue weighted by molar-refractivity contribution is 5.95. The highest BCUT2D eigenvalue weighted by Gasteiger charge is 2.48. The second-order valence-electron chi connectivity index (χ2n) is 20.6. The fourth-order valence-electron chi connectivity index (χ4n) is 12.2. The molecule has 2 aliphatic rings. The van der Waals surface area contributed by atoms with Crippen molar-refractivity contribution in [1.29, 1.82) is 0 Å². The van der Waals surface area contributed by atoms with Crippen LogP contribution in [-0.2, 0) is 10.8 Å². The van der Waals surface area contributed by atoms with Gasteiger partial charge in [-0.2, -0.15) is 0 Å². The molecular formula is C65H60N2. The first-order chi connectivity index (χ1) is 32.6. The lowest BCUT2D eigenvalue weighted by molar-refractivity contribution is 0.100. The van der Waals surface area contributed by atoms with Crippen LogP contribution in [0.4, 0.5) is 34.1 Å². The highest BCUT2D eigenvalue weighted by atomic mass is 15.1. The van der Waals surface area contributed by atoms with E-state index in [4.69, 9.17) is 0 Å². The average Bonchev–Trinajstić information content (AvgIpc) is 3.60. The molecule has 11 rings (SSSR count). The van der Waals surface area contributed by atoms with Crippen molar-refractivity contribution in [2.45, 2.75) is 71.1 Å². The van der Waals surface area contributed by atoms with Crippen molar-refractivity contribution in [3.63, 3.8) is 0 Å². The van der Waals surface area contributed by atoms with Crippen LogP contribution < -0.4 is 9.80 Å². The van der Waals surface area contributed by atoms with Crippen molar-refractivity contribution in [2.24, 2.45) is 11.3 Å². The third-order valence-electron chi connectivity index (χ3n) is 15.3. The Kier molecular flexibility index (Phi) is 10.7. The topological polar surface area (TPSA) is 6.48 Å². The van der Waals surface area contributed by atoms with E-state index in [-0.39, 0.29) is 16.2 Å². The number of hydrogen-bond donors (Lipinski definition) is 0. The van der Waals surface area contributed by atoms with E-state index in [1.54, 1.807) is 0 Å². The van der Waals surface area contributed by atoms with Gasteiger partial charge in [0.2, 0.25) is 0 Å². The second kappa shape index (κ2) is 16.9. The van der Waals surface area contributed by atoms with Gasteiger partial charge in [-0.05, 0) is 152 Å². The number of para-hydroxylation sites is 2. The molecule has 9 aromatic rings. The summed E-state index contributed by atoms with van der Waals surface area (Å²) in [5, 5.41) is 2.48. The van der Waals surface area contributed by atoms with E-state index < -0.39 is 0 Å². The average molecular weight is 869 g/mol. The molecule has 0 spiro atoms. The Morgan fingerprint density at radius 2 is 0.925 bits per heavy atom. The van der Waals surface area contributed by atoms with Gasteiger partial charge in [-0.15, -0.1) is 0 Å². The normalized spacial score (nSPS) is 17.4. The first kappa shape index (κ1) is 42.5. The summed E-state index contributed by atoms with van der Waals surface area (Å²) in [7, 11) is 0. The lowest BCUT2D eigenvalue weighted by atomic mass is 9.52. The van der Waals surface area contributed by atoms with Gasteiger partial charge in [0.1, 0.15) is 0 Å². The Morgan fingerprint density at radius 3 is 1.54 bits per heavy atom. The molecular weight excluding hydrogens is 809 g/mol. The summed E-state index contributed by atoms with van der Waals surface area (Å²) < 4.78 is 0. The maximum Gasteiger partial charge on any atom is 0.0468 e. The lowest BCUT2D eigenvalue weighted by Crippen LogP contribution is -2.45. The van der Waals surface area contributed by atoms with Crippen molar-refractivity contribution in [3.05, 3.63) is 241 Å². The Morgan fingerprint density at radius 1 is 0.418 bits per heavy atom. The van der Waals surface area contributed by atoms with Crippen LogP contribution in [0, 0.1) is 11.3 Å². The molecule has 0 heterocycles. The molecule has 67 heavy (non-hydrogen) atoms. The molecule has 0 N–H and O–H groups in total. The quantitative estimate of drug-likeness (QED) is 0.143. The van der Waals surface area contributed by atoms with Crippen LogP contribution in [0.15, 0.2) is 218 Å². The summed E-state index contributed by atoms with van der Waals surface area (Å²) in [6.07, 6.45) is 4.79. The molecule has 0 aromatic heterocycles.